The van der Waals surface area contributed by atoms with Gasteiger partial charge < -0.3 is 21.1 Å². The fraction of sp³-hybridized carbons (Fsp3) is 0.379. The van der Waals surface area contributed by atoms with E-state index >= 15 is 0 Å². The number of nitrogens with one attached hydrogen (secondary N) is 1. The van der Waals surface area contributed by atoms with Crippen molar-refractivity contribution < 1.29 is 22.3 Å². The van der Waals surface area contributed by atoms with Crippen molar-refractivity contribution in [3.8, 4) is 17.0 Å². The van der Waals surface area contributed by atoms with Gasteiger partial charge in [-0.2, -0.15) is 18.3 Å². The second kappa shape index (κ2) is 11.1. The van der Waals surface area contributed by atoms with Gasteiger partial charge in [-0.3, -0.25) is 15.1 Å². The number of ether oxygens (including phenoxy) is 1. The van der Waals surface area contributed by atoms with Crippen LogP contribution in [0.15, 0.2) is 41.0 Å². The number of hydrogen-bond acceptors (Lipinski definition) is 7. The highest BCUT2D eigenvalue weighted by Gasteiger charge is 2.34. The van der Waals surface area contributed by atoms with Crippen LogP contribution in [0.2, 0.25) is 0 Å². The van der Waals surface area contributed by atoms with Gasteiger partial charge in [0.25, 0.3) is 0 Å². The normalized spacial score (nSPS) is 19.0. The number of pyridine rings is 1. The Morgan fingerprint density at radius 3 is 2.67 bits per heavy atom. The Balaban J connectivity index is 1.80. The summed E-state index contributed by atoms with van der Waals surface area (Å²) < 4.78 is 62.4. The van der Waals surface area contributed by atoms with Crippen LogP contribution < -0.4 is 16.2 Å². The van der Waals surface area contributed by atoms with Crippen molar-refractivity contribution in [2.45, 2.75) is 45.0 Å². The summed E-state index contributed by atoms with van der Waals surface area (Å²) in [5.41, 5.74) is 16.3. The third kappa shape index (κ3) is 5.95. The SMILES string of the molecule is CN=C/C1=C(\N)c2ccc(F)cc2[C@@H](C)Oc2cc(cnc2N)-c2c(c(C(=N)N(C)CC(F)(F)F)nn2CC2CC2)C1. The molecule has 0 amide bonds. The maximum absolute atomic E-state index is 14.4. The van der Waals surface area contributed by atoms with E-state index in [1.165, 1.54) is 19.2 Å². The lowest BCUT2D eigenvalue weighted by atomic mass is 9.93. The van der Waals surface area contributed by atoms with E-state index in [1.54, 1.807) is 43.2 Å². The number of benzene rings is 1. The fourth-order valence-electron chi connectivity index (χ4n) is 5.16. The standard InChI is InChI=1S/C29H32F4N8O/c1-15-21-10-19(30)6-7-20(21)24(34)17(11-37-2)8-22-25(28(36)40(3)14-29(31,32)33)39-41(13-16-4-5-16)26(22)18-9-23(42-15)27(35)38-12-18/h6-7,9-12,15-16,36H,4-5,8,13-14,34H2,1-3H3,(H2,35,38)/b24-17-,36-28?,37-11?/t15-/m1/s1. The van der Waals surface area contributed by atoms with Gasteiger partial charge in [-0.1, -0.05) is 0 Å². The van der Waals surface area contributed by atoms with E-state index in [-0.39, 0.29) is 29.4 Å². The number of nitrogens with zero attached hydrogens (tertiary/aromatic N) is 5. The van der Waals surface area contributed by atoms with E-state index in [2.05, 4.69) is 9.98 Å². The van der Waals surface area contributed by atoms with Gasteiger partial charge in [0.15, 0.2) is 11.6 Å². The van der Waals surface area contributed by atoms with E-state index in [9.17, 15) is 17.6 Å². The van der Waals surface area contributed by atoms with Crippen LogP contribution >= 0.6 is 0 Å². The van der Waals surface area contributed by atoms with Crippen molar-refractivity contribution in [1.82, 2.24) is 19.7 Å². The minimum absolute atomic E-state index is 0.0759. The molecule has 222 valence electrons. The van der Waals surface area contributed by atoms with Gasteiger partial charge in [-0.05, 0) is 55.5 Å². The Labute approximate surface area is 240 Å². The molecule has 1 aromatic carbocycles. The lowest BCUT2D eigenvalue weighted by Crippen LogP contribution is -2.36. The van der Waals surface area contributed by atoms with E-state index in [1.807, 2.05) is 0 Å². The first-order valence-electron chi connectivity index (χ1n) is 13.5. The molecule has 5 N–H and O–H groups in total. The second-order valence-electron chi connectivity index (χ2n) is 10.7. The molecule has 2 aliphatic rings. The first kappa shape index (κ1) is 29.1. The molecule has 1 fully saturated rings. The van der Waals surface area contributed by atoms with E-state index < -0.39 is 30.5 Å². The minimum atomic E-state index is -4.52. The highest BCUT2D eigenvalue weighted by Crippen LogP contribution is 2.39. The van der Waals surface area contributed by atoms with Crippen molar-refractivity contribution in [3.63, 3.8) is 0 Å². The summed E-state index contributed by atoms with van der Waals surface area (Å²) in [6.45, 7) is 0.930. The van der Waals surface area contributed by atoms with Gasteiger partial charge in [0.2, 0.25) is 0 Å². The van der Waals surface area contributed by atoms with Crippen LogP contribution in [0.4, 0.5) is 23.4 Å². The Kier molecular flexibility index (Phi) is 7.69. The molecule has 1 aliphatic carbocycles. The predicted molar refractivity (Wildman–Crippen MR) is 153 cm³/mol. The molecule has 0 spiro atoms. The number of fused-ring (bicyclic) bond motifs is 5. The number of aliphatic imine (C=N–C) groups is 1. The van der Waals surface area contributed by atoms with Crippen molar-refractivity contribution in [2.24, 2.45) is 16.6 Å². The third-order valence-corrected chi connectivity index (χ3v) is 7.40. The largest absolute Gasteiger partial charge is 0.482 e. The zero-order chi connectivity index (χ0) is 30.3. The molecular weight excluding hydrogens is 552 g/mol. The van der Waals surface area contributed by atoms with Crippen molar-refractivity contribution >= 4 is 23.6 Å². The summed E-state index contributed by atoms with van der Waals surface area (Å²) in [5.74, 6) is -0.184. The average molecular weight is 585 g/mol. The molecular formula is C29H32F4N8O. The Morgan fingerprint density at radius 2 is 2.00 bits per heavy atom. The molecule has 0 unspecified atom stereocenters. The number of anilines is 1. The first-order valence-corrected chi connectivity index (χ1v) is 13.5. The molecule has 0 saturated heterocycles. The van der Waals surface area contributed by atoms with Gasteiger partial charge >= 0.3 is 6.18 Å². The maximum atomic E-state index is 14.4. The Morgan fingerprint density at radius 1 is 1.26 bits per heavy atom. The van der Waals surface area contributed by atoms with Gasteiger partial charge in [-0.15, -0.1) is 0 Å². The highest BCUT2D eigenvalue weighted by molar-refractivity contribution is 5.99. The quantitative estimate of drug-likeness (QED) is 0.221. The summed E-state index contributed by atoms with van der Waals surface area (Å²) >= 11 is 0. The molecule has 1 saturated carbocycles. The van der Waals surface area contributed by atoms with Crippen molar-refractivity contribution in [3.05, 3.63) is 64.2 Å². The van der Waals surface area contributed by atoms with Crippen LogP contribution in [0.25, 0.3) is 17.0 Å². The van der Waals surface area contributed by atoms with Crippen molar-refractivity contribution in [1.29, 1.82) is 5.41 Å². The molecule has 2 aromatic heterocycles. The van der Waals surface area contributed by atoms with Gasteiger partial charge in [-0.25, -0.2) is 9.37 Å². The van der Waals surface area contributed by atoms with Gasteiger partial charge in [0.1, 0.15) is 30.0 Å². The predicted octanol–water partition coefficient (Wildman–Crippen LogP) is 4.96. The zero-order valence-electron chi connectivity index (χ0n) is 23.5. The van der Waals surface area contributed by atoms with Crippen LogP contribution in [0, 0.1) is 17.1 Å². The van der Waals surface area contributed by atoms with Crippen LogP contribution in [0.1, 0.15) is 48.3 Å². The smallest absolute Gasteiger partial charge is 0.405 e. The highest BCUT2D eigenvalue weighted by atomic mass is 19.4. The molecule has 42 heavy (non-hydrogen) atoms. The number of halogens is 4. The van der Waals surface area contributed by atoms with Crippen LogP contribution in [0.5, 0.6) is 5.75 Å². The number of amidine groups is 1. The van der Waals surface area contributed by atoms with Gasteiger partial charge in [0.05, 0.1) is 5.69 Å². The van der Waals surface area contributed by atoms with Crippen LogP contribution in [-0.4, -0.2) is 58.5 Å². The molecule has 5 rings (SSSR count). The van der Waals surface area contributed by atoms with E-state index in [4.69, 9.17) is 26.7 Å². The van der Waals surface area contributed by atoms with E-state index in [0.29, 0.717) is 46.0 Å². The summed E-state index contributed by atoms with van der Waals surface area (Å²) in [6.07, 6.45) is -0.0320. The Hall–Kier alpha value is -4.42. The summed E-state index contributed by atoms with van der Waals surface area (Å²) in [5, 5.41) is 13.5. The fourth-order valence-corrected chi connectivity index (χ4v) is 5.16. The second-order valence-corrected chi connectivity index (χ2v) is 10.7. The third-order valence-electron chi connectivity index (χ3n) is 7.40. The van der Waals surface area contributed by atoms with E-state index in [0.717, 1.165) is 17.7 Å². The van der Waals surface area contributed by atoms with Gasteiger partial charge in [0, 0.05) is 67.4 Å². The average Bonchev–Trinajstić information content (AvgIpc) is 3.67. The molecule has 13 heteroatoms. The first-order chi connectivity index (χ1) is 19.9. The zero-order valence-corrected chi connectivity index (χ0v) is 23.5. The molecule has 9 nitrogen and oxygen atoms in total. The monoisotopic (exact) mass is 584 g/mol. The Bertz CT molecular complexity index is 1590. The summed E-state index contributed by atoms with van der Waals surface area (Å²) in [7, 11) is 2.78. The number of aromatic nitrogens is 3. The van der Waals surface area contributed by atoms with Crippen LogP contribution in [-0.2, 0) is 13.0 Å². The molecule has 3 aromatic rings. The molecule has 2 bridgehead atoms. The minimum Gasteiger partial charge on any atom is -0.482 e. The summed E-state index contributed by atoms with van der Waals surface area (Å²) in [6, 6.07) is 5.86. The molecule has 0 radical (unpaired) electrons. The summed E-state index contributed by atoms with van der Waals surface area (Å²) in [4.78, 5) is 9.34. The number of nitrogens with two attached hydrogens (primary N) is 2. The lowest BCUT2D eigenvalue weighted by Gasteiger charge is -2.23. The number of rotatable bonds is 5. The number of nitrogen functional groups attached to an aromatic ring is 1. The number of alkyl halides is 3. The lowest BCUT2D eigenvalue weighted by molar-refractivity contribution is -0.135. The molecule has 3 heterocycles. The number of allylic oxidation sites excluding steroid dienone is 1. The maximum Gasteiger partial charge on any atom is 0.405 e. The molecule has 1 atom stereocenters. The molecule has 1 aliphatic heterocycles. The van der Waals surface area contributed by atoms with Crippen LogP contribution in [0.3, 0.4) is 0 Å². The number of hydrogen-bond donors (Lipinski definition) is 3. The topological polar surface area (TPSA) is 131 Å². The van der Waals surface area contributed by atoms with Crippen molar-refractivity contribution in [2.75, 3.05) is 26.4 Å².